The largest absolute Gasteiger partial charge is 0.413 e. The topological polar surface area (TPSA) is 0 Å². The molecule has 1 unspecified atom stereocenters. The van der Waals surface area contributed by atoms with Gasteiger partial charge in [0, 0.05) is 10.4 Å². The highest BCUT2D eigenvalue weighted by Crippen LogP contribution is 2.29. The minimum absolute atomic E-state index is 0.697. The van der Waals surface area contributed by atoms with E-state index in [0.717, 1.165) is 0 Å². The van der Waals surface area contributed by atoms with Crippen molar-refractivity contribution < 1.29 is 13.2 Å². The van der Waals surface area contributed by atoms with Gasteiger partial charge in [-0.25, -0.2) is 0 Å². The van der Waals surface area contributed by atoms with E-state index in [2.05, 4.69) is 22.5 Å². The third-order valence-corrected chi connectivity index (χ3v) is 1.40. The van der Waals surface area contributed by atoms with E-state index >= 15 is 0 Å². The molecule has 0 aliphatic heterocycles. The fourth-order valence-electron chi connectivity index (χ4n) is 0.226. The Morgan fingerprint density at radius 3 is 1.89 bits per heavy atom. The predicted octanol–water partition coefficient (Wildman–Crippen LogP) is 2.89. The van der Waals surface area contributed by atoms with Crippen molar-refractivity contribution in [3.8, 4) is 0 Å². The van der Waals surface area contributed by atoms with Crippen LogP contribution in [0.1, 0.15) is 6.92 Å². The third kappa shape index (κ3) is 2.89. The zero-order valence-corrected chi connectivity index (χ0v) is 6.38. The SMILES string of the molecule is C=C(C(C)Br)C(F)(F)F. The minimum atomic E-state index is -4.26. The molecule has 0 amide bonds. The second kappa shape index (κ2) is 2.73. The monoisotopic (exact) mass is 202 g/mol. The van der Waals surface area contributed by atoms with Gasteiger partial charge < -0.3 is 0 Å². The van der Waals surface area contributed by atoms with Gasteiger partial charge in [-0.3, -0.25) is 0 Å². The van der Waals surface area contributed by atoms with Crippen LogP contribution in [0.4, 0.5) is 13.2 Å². The van der Waals surface area contributed by atoms with E-state index in [4.69, 9.17) is 0 Å². The minimum Gasteiger partial charge on any atom is -0.166 e. The van der Waals surface area contributed by atoms with Gasteiger partial charge in [-0.1, -0.05) is 22.5 Å². The number of rotatable bonds is 1. The van der Waals surface area contributed by atoms with Crippen molar-refractivity contribution in [3.05, 3.63) is 12.2 Å². The van der Waals surface area contributed by atoms with Crippen molar-refractivity contribution in [2.75, 3.05) is 0 Å². The van der Waals surface area contributed by atoms with E-state index in [1.54, 1.807) is 0 Å². The van der Waals surface area contributed by atoms with E-state index in [0.29, 0.717) is 0 Å². The van der Waals surface area contributed by atoms with Crippen LogP contribution in [0, 0.1) is 0 Å². The van der Waals surface area contributed by atoms with Gasteiger partial charge in [0.15, 0.2) is 0 Å². The molecule has 0 fully saturated rings. The molecule has 1 atom stereocenters. The Hall–Kier alpha value is 0.01000. The lowest BCUT2D eigenvalue weighted by Gasteiger charge is -2.10. The molecule has 0 bridgehead atoms. The van der Waals surface area contributed by atoms with Crippen LogP contribution in [0.25, 0.3) is 0 Å². The van der Waals surface area contributed by atoms with Crippen LogP contribution >= 0.6 is 15.9 Å². The molecular formula is C5H6BrF3. The highest BCUT2D eigenvalue weighted by atomic mass is 79.9. The van der Waals surface area contributed by atoms with Gasteiger partial charge in [-0.2, -0.15) is 13.2 Å². The Bertz CT molecular complexity index is 114. The van der Waals surface area contributed by atoms with Crippen molar-refractivity contribution in [1.82, 2.24) is 0 Å². The summed E-state index contributed by atoms with van der Waals surface area (Å²) < 4.78 is 34.7. The van der Waals surface area contributed by atoms with Gasteiger partial charge in [0.2, 0.25) is 0 Å². The van der Waals surface area contributed by atoms with Crippen LogP contribution in [-0.4, -0.2) is 11.0 Å². The Balaban J connectivity index is 4.06. The van der Waals surface area contributed by atoms with E-state index in [1.807, 2.05) is 0 Å². The fourth-order valence-corrected chi connectivity index (χ4v) is 0.485. The molecule has 0 aromatic rings. The zero-order chi connectivity index (χ0) is 7.65. The lowest BCUT2D eigenvalue weighted by molar-refractivity contribution is -0.0923. The number of hydrogen-bond donors (Lipinski definition) is 0. The normalized spacial score (nSPS) is 15.2. The van der Waals surface area contributed by atoms with Crippen LogP contribution in [0.5, 0.6) is 0 Å². The summed E-state index contributed by atoms with van der Waals surface area (Å²) in [4.78, 5) is -0.697. The van der Waals surface area contributed by atoms with Crippen LogP contribution in [0.3, 0.4) is 0 Å². The number of alkyl halides is 4. The Morgan fingerprint density at radius 1 is 1.56 bits per heavy atom. The Morgan fingerprint density at radius 2 is 1.89 bits per heavy atom. The van der Waals surface area contributed by atoms with Crippen molar-refractivity contribution in [1.29, 1.82) is 0 Å². The van der Waals surface area contributed by atoms with Gasteiger partial charge in [0.25, 0.3) is 0 Å². The summed E-state index contributed by atoms with van der Waals surface area (Å²) in [7, 11) is 0. The number of allylic oxidation sites excluding steroid dienone is 1. The maximum atomic E-state index is 11.6. The summed E-state index contributed by atoms with van der Waals surface area (Å²) in [6, 6.07) is 0. The first-order chi connectivity index (χ1) is 3.85. The molecule has 0 nitrogen and oxygen atoms in total. The summed E-state index contributed by atoms with van der Waals surface area (Å²) in [5, 5.41) is 0. The van der Waals surface area contributed by atoms with Gasteiger partial charge in [0.1, 0.15) is 0 Å². The summed E-state index contributed by atoms with van der Waals surface area (Å²) in [6.07, 6.45) is -4.26. The Kier molecular flexibility index (Phi) is 2.73. The second-order valence-electron chi connectivity index (χ2n) is 1.64. The van der Waals surface area contributed by atoms with E-state index < -0.39 is 16.6 Å². The molecule has 0 N–H and O–H groups in total. The van der Waals surface area contributed by atoms with Gasteiger partial charge in [-0.15, -0.1) is 0 Å². The molecule has 9 heavy (non-hydrogen) atoms. The highest BCUT2D eigenvalue weighted by molar-refractivity contribution is 9.09. The van der Waals surface area contributed by atoms with E-state index in [-0.39, 0.29) is 0 Å². The van der Waals surface area contributed by atoms with Crippen molar-refractivity contribution in [2.45, 2.75) is 17.9 Å². The van der Waals surface area contributed by atoms with Crippen LogP contribution in [-0.2, 0) is 0 Å². The van der Waals surface area contributed by atoms with Crippen molar-refractivity contribution in [3.63, 3.8) is 0 Å². The molecule has 0 saturated heterocycles. The highest BCUT2D eigenvalue weighted by Gasteiger charge is 2.33. The average molecular weight is 203 g/mol. The van der Waals surface area contributed by atoms with Crippen molar-refractivity contribution in [2.24, 2.45) is 0 Å². The molecule has 0 radical (unpaired) electrons. The lowest BCUT2D eigenvalue weighted by Crippen LogP contribution is -2.16. The average Bonchev–Trinajstić information content (AvgIpc) is 1.62. The molecule has 0 saturated carbocycles. The molecule has 4 heteroatoms. The summed E-state index contributed by atoms with van der Waals surface area (Å²) >= 11 is 2.76. The van der Waals surface area contributed by atoms with Crippen LogP contribution < -0.4 is 0 Å². The standard InChI is InChI=1S/C5H6BrF3/c1-3(4(2)6)5(7,8)9/h4H,1H2,2H3. The van der Waals surface area contributed by atoms with Gasteiger partial charge >= 0.3 is 6.18 Å². The van der Waals surface area contributed by atoms with E-state index in [9.17, 15) is 13.2 Å². The molecule has 54 valence electrons. The maximum Gasteiger partial charge on any atom is 0.413 e. The zero-order valence-electron chi connectivity index (χ0n) is 4.80. The third-order valence-electron chi connectivity index (χ3n) is 0.844. The summed E-state index contributed by atoms with van der Waals surface area (Å²) in [5.74, 6) is 0. The summed E-state index contributed by atoms with van der Waals surface area (Å²) in [5.41, 5.74) is -0.748. The smallest absolute Gasteiger partial charge is 0.166 e. The fraction of sp³-hybridized carbons (Fsp3) is 0.600. The van der Waals surface area contributed by atoms with Crippen molar-refractivity contribution >= 4 is 15.9 Å². The number of hydrogen-bond acceptors (Lipinski definition) is 0. The lowest BCUT2D eigenvalue weighted by atomic mass is 10.2. The molecule has 0 aliphatic carbocycles. The molecular weight excluding hydrogens is 197 g/mol. The molecule has 0 rings (SSSR count). The first-order valence-corrected chi connectivity index (χ1v) is 3.17. The molecule has 0 heterocycles. The van der Waals surface area contributed by atoms with Gasteiger partial charge in [0.05, 0.1) is 0 Å². The Labute approximate surface area is 59.9 Å². The predicted molar refractivity (Wildman–Crippen MR) is 33.6 cm³/mol. The molecule has 0 aromatic carbocycles. The maximum absolute atomic E-state index is 11.6. The summed E-state index contributed by atoms with van der Waals surface area (Å²) in [6.45, 7) is 4.24. The first kappa shape index (κ1) is 9.01. The van der Waals surface area contributed by atoms with Crippen LogP contribution in [0.15, 0.2) is 12.2 Å². The van der Waals surface area contributed by atoms with Gasteiger partial charge in [-0.05, 0) is 6.92 Å². The molecule has 0 aromatic heterocycles. The second-order valence-corrected chi connectivity index (χ2v) is 3.01. The van der Waals surface area contributed by atoms with Crippen LogP contribution in [0.2, 0.25) is 0 Å². The quantitative estimate of drug-likeness (QED) is 0.454. The van der Waals surface area contributed by atoms with E-state index in [1.165, 1.54) is 6.92 Å². The number of halogens is 4. The first-order valence-electron chi connectivity index (χ1n) is 2.25. The molecule has 0 spiro atoms. The molecule has 0 aliphatic rings.